The average Bonchev–Trinajstić information content (AvgIpc) is 3.41. The summed E-state index contributed by atoms with van der Waals surface area (Å²) in [7, 11) is 0. The number of rotatable bonds is 0. The van der Waals surface area contributed by atoms with E-state index in [0.717, 1.165) is 0 Å². The van der Waals surface area contributed by atoms with Gasteiger partial charge in [-0.2, -0.15) is 0 Å². The van der Waals surface area contributed by atoms with E-state index in [1.165, 1.54) is 0 Å². The van der Waals surface area contributed by atoms with Crippen LogP contribution in [0, 0.1) is 0 Å². The molecule has 2 aromatic rings. The van der Waals surface area contributed by atoms with Crippen LogP contribution in [0.3, 0.4) is 0 Å². The van der Waals surface area contributed by atoms with Crippen LogP contribution in [-0.4, -0.2) is 64.9 Å². The predicted octanol–water partition coefficient (Wildman–Crippen LogP) is 3.02. The van der Waals surface area contributed by atoms with Gasteiger partial charge in [-0.1, -0.05) is 0 Å². The minimum absolute atomic E-state index is 0.303. The van der Waals surface area contributed by atoms with Crippen LogP contribution in [0.15, 0.2) is 97.8 Å². The minimum Gasteiger partial charge on any atom is -0.331 e. The predicted molar refractivity (Wildman–Crippen MR) is 152 cm³/mol. The van der Waals surface area contributed by atoms with Crippen LogP contribution in [0.1, 0.15) is 0 Å². The first kappa shape index (κ1) is 20.7. The number of hydrogen-bond acceptors (Lipinski definition) is 10. The molecule has 0 spiro atoms. The van der Waals surface area contributed by atoms with Crippen molar-refractivity contribution in [1.29, 1.82) is 0 Å². The lowest BCUT2D eigenvalue weighted by Crippen LogP contribution is -2.46. The lowest BCUT2D eigenvalue weighted by atomic mass is 9.78. The van der Waals surface area contributed by atoms with E-state index in [4.69, 9.17) is 39.9 Å². The van der Waals surface area contributed by atoms with Gasteiger partial charge in [0.25, 0.3) is 0 Å². The zero-order valence-corrected chi connectivity index (χ0v) is 19.9. The Kier molecular flexibility index (Phi) is 4.23. The molecule has 38 heavy (non-hydrogen) atoms. The zero-order valence-electron chi connectivity index (χ0n) is 19.9. The van der Waals surface area contributed by atoms with E-state index in [-0.39, 0.29) is 6.98 Å². The third-order valence-corrected chi connectivity index (χ3v) is 6.52. The lowest BCUT2D eigenvalue weighted by molar-refractivity contribution is 0.910. The largest absolute Gasteiger partial charge is 0.386 e. The molecule has 6 aliphatic heterocycles. The van der Waals surface area contributed by atoms with E-state index in [9.17, 15) is 0 Å². The number of aromatic nitrogens is 2. The van der Waals surface area contributed by atoms with Crippen molar-refractivity contribution in [3.05, 3.63) is 58.8 Å². The standard InChI is InChI=1S/C25H15BN12/c1-26-37-22-16-18(31-12-6-4-10-29-16)24(37)36-25-19-17(30-11-5-7-13-32-19)23(38(25)26)35-21-15-14(20(33-21)34-22)27-8-2-3-9-28-15/h2-13H,1H3/b3-2-,6-4-,7-5-,8-2?,9-3?,10-4?,11-5?,12-6?,13-7?,27-8-,27-14?,28-9-,28-15?,29-10-,29-16?,30-11-,30-17?,31-12-,31-18?,32-13-,32-19?,34-20-,34-22?,35-21?,35-23-. The van der Waals surface area contributed by atoms with E-state index in [1.54, 1.807) is 49.4 Å². The van der Waals surface area contributed by atoms with E-state index in [1.807, 2.05) is 33.3 Å². The van der Waals surface area contributed by atoms with Crippen LogP contribution in [0.5, 0.6) is 0 Å². The first-order chi connectivity index (χ1) is 18.8. The quantitative estimate of drug-likeness (QED) is 0.498. The molecular weight excluding hydrogens is 479 g/mol. The van der Waals surface area contributed by atoms with Crippen molar-refractivity contribution in [1.82, 2.24) is 8.96 Å². The van der Waals surface area contributed by atoms with Gasteiger partial charge in [-0.15, -0.1) is 0 Å². The van der Waals surface area contributed by atoms with Gasteiger partial charge < -0.3 is 8.96 Å². The molecule has 6 aliphatic rings. The first-order valence-corrected chi connectivity index (χ1v) is 11.9. The highest BCUT2D eigenvalue weighted by Crippen LogP contribution is 2.50. The van der Waals surface area contributed by atoms with Gasteiger partial charge in [0.1, 0.15) is 34.1 Å². The van der Waals surface area contributed by atoms with Crippen LogP contribution in [0.4, 0.5) is 34.4 Å². The maximum Gasteiger partial charge on any atom is 0.386 e. The van der Waals surface area contributed by atoms with Gasteiger partial charge in [-0.05, 0) is 43.3 Å². The minimum atomic E-state index is -0.303. The molecule has 8 rings (SSSR count). The fraction of sp³-hybridized carbons (Fsp3) is 0.0400. The Morgan fingerprint density at radius 3 is 1.50 bits per heavy atom. The van der Waals surface area contributed by atoms with E-state index in [0.29, 0.717) is 68.4 Å². The lowest BCUT2D eigenvalue weighted by Gasteiger charge is -2.20. The summed E-state index contributed by atoms with van der Waals surface area (Å²) >= 11 is 0. The Labute approximate surface area is 215 Å². The van der Waals surface area contributed by atoms with Gasteiger partial charge in [0.15, 0.2) is 34.3 Å². The summed E-state index contributed by atoms with van der Waals surface area (Å²) in [4.78, 5) is 47.9. The molecule has 178 valence electrons. The number of amidine groups is 2. The molecule has 4 bridgehead atoms. The number of hydrogen-bond donors (Lipinski definition) is 0. The van der Waals surface area contributed by atoms with Crippen LogP contribution < -0.4 is 11.0 Å². The Bertz CT molecular complexity index is 1980. The van der Waals surface area contributed by atoms with Gasteiger partial charge in [-0.25, -0.2) is 20.0 Å². The molecule has 0 unspecified atom stereocenters. The smallest absolute Gasteiger partial charge is 0.331 e. The molecule has 12 nitrogen and oxygen atoms in total. The average molecular weight is 494 g/mol. The topological polar surface area (TPSA) is 133 Å². The zero-order chi connectivity index (χ0) is 25.2. The van der Waals surface area contributed by atoms with Crippen molar-refractivity contribution in [3.63, 3.8) is 0 Å². The molecule has 0 saturated carbocycles. The number of fused-ring (bicyclic) bond motifs is 9. The van der Waals surface area contributed by atoms with Crippen molar-refractivity contribution >= 4 is 90.3 Å². The van der Waals surface area contributed by atoms with Gasteiger partial charge in [-0.3, -0.25) is 30.0 Å². The summed E-state index contributed by atoms with van der Waals surface area (Å²) in [6.07, 6.45) is 21.1. The Hall–Kier alpha value is -5.46. The van der Waals surface area contributed by atoms with Gasteiger partial charge >= 0.3 is 6.98 Å². The second-order valence-corrected chi connectivity index (χ2v) is 8.68. The highest BCUT2D eigenvalue weighted by Gasteiger charge is 2.37. The molecule has 0 amide bonds. The van der Waals surface area contributed by atoms with Crippen LogP contribution in [0.25, 0.3) is 0 Å². The van der Waals surface area contributed by atoms with E-state index < -0.39 is 0 Å². The third kappa shape index (κ3) is 2.80. The van der Waals surface area contributed by atoms with Crippen molar-refractivity contribution in [2.45, 2.75) is 6.82 Å². The molecule has 0 N–H and O–H groups in total. The van der Waals surface area contributed by atoms with Crippen molar-refractivity contribution < 1.29 is 0 Å². The Morgan fingerprint density at radius 1 is 0.474 bits per heavy atom. The molecular formula is C25H15BN12. The summed E-state index contributed by atoms with van der Waals surface area (Å²) in [5.41, 5.74) is 4.59. The fourth-order valence-corrected chi connectivity index (χ4v) is 4.92. The first-order valence-electron chi connectivity index (χ1n) is 11.9. The van der Waals surface area contributed by atoms with Crippen molar-refractivity contribution in [2.75, 3.05) is 0 Å². The number of nitrogens with zero attached hydrogens (tertiary/aromatic N) is 12. The fourth-order valence-electron chi connectivity index (χ4n) is 4.92. The summed E-state index contributed by atoms with van der Waals surface area (Å²) in [5.74, 6) is 1.94. The SMILES string of the molecule is CB1n2c3c4c(c2/N=C2N=C(/N=c5/c6c(c(n51)=N3)\N=C/C=C\C=N/6)C1=C\2\N=C/C=C\C=N/1)\N=C/C=C\C=N/4. The summed E-state index contributed by atoms with van der Waals surface area (Å²) in [6, 6.07) is 0. The molecule has 0 fully saturated rings. The summed E-state index contributed by atoms with van der Waals surface area (Å²) < 4.78 is 3.99. The summed E-state index contributed by atoms with van der Waals surface area (Å²) in [5, 5.41) is 0. The van der Waals surface area contributed by atoms with E-state index >= 15 is 0 Å². The molecule has 0 radical (unpaired) electrons. The molecule has 0 aliphatic carbocycles. The second kappa shape index (κ2) is 7.77. The highest BCUT2D eigenvalue weighted by atomic mass is 15.3. The van der Waals surface area contributed by atoms with E-state index in [2.05, 4.69) is 16.8 Å². The molecule has 2 aromatic heterocycles. The van der Waals surface area contributed by atoms with Gasteiger partial charge in [0.2, 0.25) is 0 Å². The number of allylic oxidation sites excluding steroid dienone is 6. The maximum absolute atomic E-state index is 5.07. The molecule has 8 heterocycles. The van der Waals surface area contributed by atoms with Crippen LogP contribution in [0.2, 0.25) is 6.82 Å². The highest BCUT2D eigenvalue weighted by molar-refractivity contribution is 6.56. The molecule has 13 heteroatoms. The second-order valence-electron chi connectivity index (χ2n) is 8.68. The van der Waals surface area contributed by atoms with Crippen molar-refractivity contribution in [2.24, 2.45) is 49.9 Å². The molecule has 0 saturated heterocycles. The monoisotopic (exact) mass is 494 g/mol. The van der Waals surface area contributed by atoms with Gasteiger partial charge in [0, 0.05) is 37.3 Å². The Balaban J connectivity index is 1.59. The van der Waals surface area contributed by atoms with Crippen LogP contribution >= 0.6 is 0 Å². The third-order valence-electron chi connectivity index (χ3n) is 6.52. The number of aliphatic imine (C=N–C) groups is 8. The summed E-state index contributed by atoms with van der Waals surface area (Å²) in [6.45, 7) is 1.75. The maximum atomic E-state index is 5.07. The van der Waals surface area contributed by atoms with Crippen LogP contribution in [-0.2, 0) is 0 Å². The van der Waals surface area contributed by atoms with Gasteiger partial charge in [0.05, 0.1) is 0 Å². The normalized spacial score (nSPS) is 28.7. The van der Waals surface area contributed by atoms with Crippen molar-refractivity contribution in [3.8, 4) is 0 Å². The molecule has 0 atom stereocenters. The Morgan fingerprint density at radius 2 is 0.921 bits per heavy atom. The molecule has 0 aromatic carbocycles.